The third-order valence-electron chi connectivity index (χ3n) is 1.60. The number of phenols is 2. The number of nitrogens with two attached hydrogens (primary N) is 4. The SMILES string of the molecule is Nc1c(N)c(O)c(N)c(O)c1N. The van der Waals surface area contributed by atoms with Crippen LogP contribution < -0.4 is 22.9 Å². The summed E-state index contributed by atoms with van der Waals surface area (Å²) < 4.78 is 0. The van der Waals surface area contributed by atoms with E-state index in [1.54, 1.807) is 0 Å². The molecule has 0 heterocycles. The average molecular weight is 170 g/mol. The lowest BCUT2D eigenvalue weighted by molar-refractivity contribution is 0.459. The van der Waals surface area contributed by atoms with Crippen molar-refractivity contribution < 1.29 is 10.2 Å². The van der Waals surface area contributed by atoms with Gasteiger partial charge in [-0.2, -0.15) is 0 Å². The fraction of sp³-hybridized carbons (Fsp3) is 0. The number of benzene rings is 1. The topological polar surface area (TPSA) is 145 Å². The van der Waals surface area contributed by atoms with Crippen LogP contribution in [0.2, 0.25) is 0 Å². The Morgan fingerprint density at radius 1 is 0.583 bits per heavy atom. The molecule has 0 saturated carbocycles. The van der Waals surface area contributed by atoms with E-state index in [4.69, 9.17) is 33.1 Å². The second-order valence-electron chi connectivity index (χ2n) is 2.35. The monoisotopic (exact) mass is 170 g/mol. The second-order valence-corrected chi connectivity index (χ2v) is 2.35. The van der Waals surface area contributed by atoms with Crippen LogP contribution in [-0.2, 0) is 0 Å². The molecule has 1 aromatic rings. The van der Waals surface area contributed by atoms with Crippen molar-refractivity contribution in [1.29, 1.82) is 0 Å². The van der Waals surface area contributed by atoms with Gasteiger partial charge in [-0.25, -0.2) is 0 Å². The van der Waals surface area contributed by atoms with E-state index in [-0.39, 0.29) is 22.7 Å². The Hall–Kier alpha value is -1.98. The van der Waals surface area contributed by atoms with Gasteiger partial charge in [-0.1, -0.05) is 0 Å². The van der Waals surface area contributed by atoms with Crippen LogP contribution in [0.25, 0.3) is 0 Å². The molecule has 0 aliphatic carbocycles. The molecule has 0 fully saturated rings. The Labute approximate surface area is 68.4 Å². The Bertz CT molecular complexity index is 232. The summed E-state index contributed by atoms with van der Waals surface area (Å²) in [6.07, 6.45) is 0. The molecule has 1 rings (SSSR count). The van der Waals surface area contributed by atoms with E-state index >= 15 is 0 Å². The van der Waals surface area contributed by atoms with E-state index < -0.39 is 11.5 Å². The third-order valence-corrected chi connectivity index (χ3v) is 1.60. The molecule has 0 atom stereocenters. The summed E-state index contributed by atoms with van der Waals surface area (Å²) in [5.74, 6) is -0.890. The molecule has 0 radical (unpaired) electrons. The average Bonchev–Trinajstić information content (AvgIpc) is 2.08. The molecule has 12 heavy (non-hydrogen) atoms. The zero-order valence-electron chi connectivity index (χ0n) is 6.20. The fourth-order valence-corrected chi connectivity index (χ4v) is 0.803. The summed E-state index contributed by atoms with van der Waals surface area (Å²) in [4.78, 5) is 0. The first-order chi connectivity index (χ1) is 5.46. The first kappa shape index (κ1) is 8.12. The Morgan fingerprint density at radius 2 is 0.917 bits per heavy atom. The van der Waals surface area contributed by atoms with Crippen molar-refractivity contribution in [2.24, 2.45) is 0 Å². The molecule has 0 spiro atoms. The molecule has 0 aromatic heterocycles. The van der Waals surface area contributed by atoms with Crippen LogP contribution in [0.3, 0.4) is 0 Å². The fourth-order valence-electron chi connectivity index (χ4n) is 0.803. The van der Waals surface area contributed by atoms with Crippen molar-refractivity contribution >= 4 is 22.7 Å². The number of hydrogen-bond donors (Lipinski definition) is 6. The number of phenolic OH excluding ortho intramolecular Hbond substituents is 2. The summed E-state index contributed by atoms with van der Waals surface area (Å²) in [6.45, 7) is 0. The Morgan fingerprint density at radius 3 is 1.25 bits per heavy atom. The van der Waals surface area contributed by atoms with Crippen LogP contribution in [0.15, 0.2) is 0 Å². The van der Waals surface area contributed by atoms with Crippen molar-refractivity contribution in [2.45, 2.75) is 0 Å². The highest BCUT2D eigenvalue weighted by Crippen LogP contribution is 2.45. The van der Waals surface area contributed by atoms with Crippen LogP contribution in [0, 0.1) is 0 Å². The third kappa shape index (κ3) is 0.815. The summed E-state index contributed by atoms with van der Waals surface area (Å²) in [6, 6.07) is 0. The number of rotatable bonds is 0. The zero-order chi connectivity index (χ0) is 9.46. The van der Waals surface area contributed by atoms with Crippen LogP contribution >= 0.6 is 0 Å². The van der Waals surface area contributed by atoms with Gasteiger partial charge in [0.15, 0.2) is 11.5 Å². The minimum atomic E-state index is -0.445. The summed E-state index contributed by atoms with van der Waals surface area (Å²) >= 11 is 0. The number of hydrogen-bond acceptors (Lipinski definition) is 6. The van der Waals surface area contributed by atoms with E-state index in [1.165, 1.54) is 0 Å². The zero-order valence-corrected chi connectivity index (χ0v) is 6.20. The maximum Gasteiger partial charge on any atom is 0.167 e. The van der Waals surface area contributed by atoms with E-state index in [1.807, 2.05) is 0 Å². The summed E-state index contributed by atoms with van der Waals surface area (Å²) in [7, 11) is 0. The van der Waals surface area contributed by atoms with Gasteiger partial charge in [-0.15, -0.1) is 0 Å². The second kappa shape index (κ2) is 2.26. The van der Waals surface area contributed by atoms with E-state index in [0.29, 0.717) is 0 Å². The minimum absolute atomic E-state index is 0.0702. The lowest BCUT2D eigenvalue weighted by atomic mass is 10.1. The van der Waals surface area contributed by atoms with Crippen LogP contribution in [0.1, 0.15) is 0 Å². The van der Waals surface area contributed by atoms with E-state index in [9.17, 15) is 0 Å². The molecule has 0 amide bonds. The molecule has 1 aromatic carbocycles. The minimum Gasteiger partial charge on any atom is -0.504 e. The molecule has 0 bridgehead atoms. The summed E-state index contributed by atoms with van der Waals surface area (Å²) in [5.41, 5.74) is 20.6. The lowest BCUT2D eigenvalue weighted by Crippen LogP contribution is -2.03. The van der Waals surface area contributed by atoms with Gasteiger partial charge in [0.1, 0.15) is 17.1 Å². The van der Waals surface area contributed by atoms with Gasteiger partial charge in [0.2, 0.25) is 0 Å². The molecule has 0 aliphatic heterocycles. The van der Waals surface area contributed by atoms with Gasteiger partial charge < -0.3 is 33.1 Å². The molecule has 6 heteroatoms. The highest BCUT2D eigenvalue weighted by molar-refractivity contribution is 5.93. The molecule has 10 N–H and O–H groups in total. The lowest BCUT2D eigenvalue weighted by Gasteiger charge is -2.11. The largest absolute Gasteiger partial charge is 0.504 e. The van der Waals surface area contributed by atoms with Crippen LogP contribution in [-0.4, -0.2) is 10.2 Å². The predicted octanol–water partition coefficient (Wildman–Crippen LogP) is -0.573. The van der Waals surface area contributed by atoms with Crippen molar-refractivity contribution in [3.63, 3.8) is 0 Å². The van der Waals surface area contributed by atoms with E-state index in [2.05, 4.69) is 0 Å². The normalized spacial score (nSPS) is 10.0. The first-order valence-electron chi connectivity index (χ1n) is 3.10. The Kier molecular flexibility index (Phi) is 1.53. The van der Waals surface area contributed by atoms with Crippen molar-refractivity contribution in [1.82, 2.24) is 0 Å². The highest BCUT2D eigenvalue weighted by atomic mass is 16.3. The number of nitrogen functional groups attached to an aromatic ring is 4. The van der Waals surface area contributed by atoms with Crippen molar-refractivity contribution in [2.75, 3.05) is 22.9 Å². The summed E-state index contributed by atoms with van der Waals surface area (Å²) in [5, 5.41) is 18.3. The molecule has 0 aliphatic rings. The Balaban J connectivity index is 3.60. The van der Waals surface area contributed by atoms with Gasteiger partial charge in [-0.3, -0.25) is 0 Å². The maximum atomic E-state index is 9.15. The highest BCUT2D eigenvalue weighted by Gasteiger charge is 2.15. The number of aromatic hydroxyl groups is 2. The van der Waals surface area contributed by atoms with Gasteiger partial charge >= 0.3 is 0 Å². The van der Waals surface area contributed by atoms with Gasteiger partial charge in [0.05, 0.1) is 5.69 Å². The van der Waals surface area contributed by atoms with Gasteiger partial charge in [0.25, 0.3) is 0 Å². The maximum absolute atomic E-state index is 9.15. The van der Waals surface area contributed by atoms with Crippen LogP contribution in [0.5, 0.6) is 11.5 Å². The molecular weight excluding hydrogens is 160 g/mol. The molecule has 0 saturated heterocycles. The van der Waals surface area contributed by atoms with Gasteiger partial charge in [0, 0.05) is 0 Å². The van der Waals surface area contributed by atoms with Crippen molar-refractivity contribution in [3.8, 4) is 11.5 Å². The smallest absolute Gasteiger partial charge is 0.167 e. The molecule has 66 valence electrons. The molecule has 6 nitrogen and oxygen atoms in total. The standard InChI is InChI=1S/C6H10N4O2/c7-1-2(8)5(11)4(10)6(12)3(1)9/h11-12H,7-10H2. The van der Waals surface area contributed by atoms with Crippen LogP contribution in [0.4, 0.5) is 22.7 Å². The van der Waals surface area contributed by atoms with Gasteiger partial charge in [-0.05, 0) is 0 Å². The molecular formula is C6H10N4O2. The van der Waals surface area contributed by atoms with E-state index in [0.717, 1.165) is 0 Å². The quantitative estimate of drug-likeness (QED) is 0.175. The predicted molar refractivity (Wildman–Crippen MR) is 47.4 cm³/mol. The number of anilines is 4. The molecule has 0 unspecified atom stereocenters. The first-order valence-corrected chi connectivity index (χ1v) is 3.10. The van der Waals surface area contributed by atoms with Crippen molar-refractivity contribution in [3.05, 3.63) is 0 Å².